The van der Waals surface area contributed by atoms with Crippen LogP contribution in [0.4, 0.5) is 5.69 Å². The van der Waals surface area contributed by atoms with Crippen LogP contribution in [0.5, 0.6) is 11.5 Å². The van der Waals surface area contributed by atoms with Crippen molar-refractivity contribution in [1.29, 1.82) is 0 Å². The molecule has 0 fully saturated rings. The molecule has 0 saturated heterocycles. The molecule has 0 aromatic heterocycles. The zero-order valence-corrected chi connectivity index (χ0v) is 17.3. The summed E-state index contributed by atoms with van der Waals surface area (Å²) in [7, 11) is 1.56. The number of ether oxygens (including phenoxy) is 2. The number of carbonyl (C=O) groups is 2. The first-order valence-corrected chi connectivity index (χ1v) is 9.53. The van der Waals surface area contributed by atoms with E-state index in [9.17, 15) is 9.59 Å². The number of methoxy groups -OCH3 is 1. The zero-order chi connectivity index (χ0) is 21.2. The van der Waals surface area contributed by atoms with E-state index in [1.165, 1.54) is 0 Å². The topological polar surface area (TPSA) is 76.7 Å². The summed E-state index contributed by atoms with van der Waals surface area (Å²) in [4.78, 5) is 23.8. The molecule has 0 heterocycles. The lowest BCUT2D eigenvalue weighted by molar-refractivity contribution is -0.123. The molecule has 0 radical (unpaired) electrons. The number of allylic oxidation sites excluding steroid dienone is 1. The van der Waals surface area contributed by atoms with Crippen LogP contribution >= 0.6 is 0 Å². The van der Waals surface area contributed by atoms with Crippen LogP contribution in [0, 0.1) is 5.92 Å². The van der Waals surface area contributed by atoms with Gasteiger partial charge in [0.1, 0.15) is 0 Å². The maximum absolute atomic E-state index is 12.1. The van der Waals surface area contributed by atoms with Crippen molar-refractivity contribution < 1.29 is 19.1 Å². The third-order valence-electron chi connectivity index (χ3n) is 4.14. The fourth-order valence-electron chi connectivity index (χ4n) is 2.49. The molecule has 154 valence electrons. The molecule has 0 aliphatic heterocycles. The van der Waals surface area contributed by atoms with Crippen molar-refractivity contribution in [3.05, 3.63) is 59.7 Å². The number of anilines is 1. The molecule has 0 bridgehead atoms. The molecule has 2 aromatic carbocycles. The third-order valence-corrected chi connectivity index (χ3v) is 4.14. The molecular formula is C23H28N2O4. The summed E-state index contributed by atoms with van der Waals surface area (Å²) in [6.07, 6.45) is 3.89. The molecule has 29 heavy (non-hydrogen) atoms. The van der Waals surface area contributed by atoms with Crippen LogP contribution in [-0.4, -0.2) is 25.5 Å². The van der Waals surface area contributed by atoms with Gasteiger partial charge in [-0.3, -0.25) is 9.59 Å². The van der Waals surface area contributed by atoms with Crippen molar-refractivity contribution in [3.8, 4) is 11.5 Å². The van der Waals surface area contributed by atoms with Crippen molar-refractivity contribution in [2.45, 2.75) is 27.3 Å². The Bertz CT molecular complexity index is 858. The van der Waals surface area contributed by atoms with Crippen molar-refractivity contribution in [2.75, 3.05) is 19.0 Å². The van der Waals surface area contributed by atoms with Gasteiger partial charge in [-0.1, -0.05) is 44.2 Å². The Morgan fingerprint density at radius 1 is 1.07 bits per heavy atom. The first-order valence-electron chi connectivity index (χ1n) is 9.53. The molecule has 0 unspecified atom stereocenters. The number of nitrogens with one attached hydrogen (secondary N) is 2. The number of hydrogen-bond acceptors (Lipinski definition) is 4. The smallest absolute Gasteiger partial charge is 0.258 e. The van der Waals surface area contributed by atoms with E-state index in [1.807, 2.05) is 69.3 Å². The Morgan fingerprint density at radius 3 is 2.41 bits per heavy atom. The lowest BCUT2D eigenvalue weighted by Crippen LogP contribution is -2.28. The third kappa shape index (κ3) is 6.99. The first-order chi connectivity index (χ1) is 13.9. The van der Waals surface area contributed by atoms with Gasteiger partial charge in [0.15, 0.2) is 18.1 Å². The maximum atomic E-state index is 12.1. The molecule has 0 spiro atoms. The summed E-state index contributed by atoms with van der Waals surface area (Å²) >= 11 is 0. The second kappa shape index (κ2) is 10.9. The van der Waals surface area contributed by atoms with Crippen molar-refractivity contribution in [1.82, 2.24) is 5.32 Å². The minimum absolute atomic E-state index is 0.0302. The molecule has 2 amide bonds. The maximum Gasteiger partial charge on any atom is 0.258 e. The van der Waals surface area contributed by atoms with Gasteiger partial charge in [-0.2, -0.15) is 0 Å². The van der Waals surface area contributed by atoms with Gasteiger partial charge >= 0.3 is 0 Å². The average Bonchev–Trinajstić information content (AvgIpc) is 2.72. The summed E-state index contributed by atoms with van der Waals surface area (Å²) in [6.45, 7) is 5.89. The van der Waals surface area contributed by atoms with E-state index < -0.39 is 0 Å². The van der Waals surface area contributed by atoms with Gasteiger partial charge in [0, 0.05) is 18.2 Å². The highest BCUT2D eigenvalue weighted by Gasteiger charge is 2.09. The Kier molecular flexibility index (Phi) is 8.27. The molecule has 6 heteroatoms. The molecule has 0 aliphatic rings. The highest BCUT2D eigenvalue weighted by Crippen LogP contribution is 2.28. The van der Waals surface area contributed by atoms with Crippen LogP contribution in [0.2, 0.25) is 0 Å². The molecule has 2 N–H and O–H groups in total. The quantitative estimate of drug-likeness (QED) is 0.671. The number of rotatable bonds is 9. The minimum atomic E-state index is -0.234. The monoisotopic (exact) mass is 396 g/mol. The number of amides is 2. The average molecular weight is 396 g/mol. The van der Waals surface area contributed by atoms with Gasteiger partial charge in [-0.05, 0) is 42.3 Å². The minimum Gasteiger partial charge on any atom is -0.493 e. The molecule has 6 nitrogen and oxygen atoms in total. The van der Waals surface area contributed by atoms with Gasteiger partial charge in [0.25, 0.3) is 5.91 Å². The normalized spacial score (nSPS) is 10.8. The number of hydrogen-bond donors (Lipinski definition) is 2. The molecule has 0 aliphatic carbocycles. The lowest BCUT2D eigenvalue weighted by atomic mass is 10.1. The summed E-state index contributed by atoms with van der Waals surface area (Å²) in [5.74, 6) is 0.750. The van der Waals surface area contributed by atoms with E-state index in [1.54, 1.807) is 13.2 Å². The van der Waals surface area contributed by atoms with Gasteiger partial charge in [-0.25, -0.2) is 0 Å². The summed E-state index contributed by atoms with van der Waals surface area (Å²) in [5, 5.41) is 5.65. The van der Waals surface area contributed by atoms with Crippen molar-refractivity contribution >= 4 is 23.6 Å². The van der Waals surface area contributed by atoms with Gasteiger partial charge < -0.3 is 20.1 Å². The SMILES string of the molecule is C/C=C/c1ccc(OCC(=O)NCc2ccc(NC(=O)C(C)C)cc2)c(OC)c1. The van der Waals surface area contributed by atoms with Gasteiger partial charge in [0.05, 0.1) is 7.11 Å². The largest absolute Gasteiger partial charge is 0.493 e. The van der Waals surface area contributed by atoms with E-state index in [0.29, 0.717) is 18.0 Å². The standard InChI is InChI=1S/C23H28N2O4/c1-5-6-17-9-12-20(21(13-17)28-4)29-15-22(26)24-14-18-7-10-19(11-8-18)25-23(27)16(2)3/h5-13,16H,14-15H2,1-4H3,(H,24,26)(H,25,27)/b6-5+. The molecular weight excluding hydrogens is 368 g/mol. The van der Waals surface area contributed by atoms with Crippen LogP contribution in [0.15, 0.2) is 48.5 Å². The highest BCUT2D eigenvalue weighted by molar-refractivity contribution is 5.92. The zero-order valence-electron chi connectivity index (χ0n) is 17.3. The van der Waals surface area contributed by atoms with Crippen LogP contribution in [-0.2, 0) is 16.1 Å². The molecule has 2 rings (SSSR count). The summed E-state index contributed by atoms with van der Waals surface area (Å²) < 4.78 is 10.9. The van der Waals surface area contributed by atoms with Gasteiger partial charge in [-0.15, -0.1) is 0 Å². The summed E-state index contributed by atoms with van der Waals surface area (Å²) in [6, 6.07) is 12.9. The van der Waals surface area contributed by atoms with E-state index in [-0.39, 0.29) is 24.3 Å². The number of carbonyl (C=O) groups excluding carboxylic acids is 2. The Balaban J connectivity index is 1.83. The molecule has 2 aromatic rings. The predicted octanol–water partition coefficient (Wildman–Crippen LogP) is 4.02. The van der Waals surface area contributed by atoms with Crippen LogP contribution < -0.4 is 20.1 Å². The highest BCUT2D eigenvalue weighted by atomic mass is 16.5. The van der Waals surface area contributed by atoms with E-state index in [0.717, 1.165) is 16.8 Å². The molecule has 0 saturated carbocycles. The van der Waals surface area contributed by atoms with E-state index in [4.69, 9.17) is 9.47 Å². The van der Waals surface area contributed by atoms with Crippen LogP contribution in [0.3, 0.4) is 0 Å². The first kappa shape index (κ1) is 22.0. The lowest BCUT2D eigenvalue weighted by Gasteiger charge is -2.12. The fourth-order valence-corrected chi connectivity index (χ4v) is 2.49. The predicted molar refractivity (Wildman–Crippen MR) is 115 cm³/mol. The Morgan fingerprint density at radius 2 is 1.79 bits per heavy atom. The van der Waals surface area contributed by atoms with E-state index >= 15 is 0 Å². The second-order valence-electron chi connectivity index (χ2n) is 6.82. The second-order valence-corrected chi connectivity index (χ2v) is 6.82. The van der Waals surface area contributed by atoms with E-state index in [2.05, 4.69) is 10.6 Å². The Labute approximate surface area is 171 Å². The number of benzene rings is 2. The van der Waals surface area contributed by atoms with Crippen molar-refractivity contribution in [2.24, 2.45) is 5.92 Å². The summed E-state index contributed by atoms with van der Waals surface area (Å²) in [5.41, 5.74) is 2.65. The van der Waals surface area contributed by atoms with Crippen LogP contribution in [0.25, 0.3) is 6.08 Å². The Hall–Kier alpha value is -3.28. The van der Waals surface area contributed by atoms with Crippen molar-refractivity contribution in [3.63, 3.8) is 0 Å². The van der Waals surface area contributed by atoms with Crippen LogP contribution in [0.1, 0.15) is 31.9 Å². The molecule has 0 atom stereocenters. The fraction of sp³-hybridized carbons (Fsp3) is 0.304. The van der Waals surface area contributed by atoms with Gasteiger partial charge in [0.2, 0.25) is 5.91 Å².